The fourth-order valence-corrected chi connectivity index (χ4v) is 2.98. The topological polar surface area (TPSA) is 59.1 Å². The number of rotatable bonds is 4. The zero-order chi connectivity index (χ0) is 14.8. The van der Waals surface area contributed by atoms with E-state index in [1.165, 1.54) is 29.5 Å². The first kappa shape index (κ1) is 14.8. The van der Waals surface area contributed by atoms with Crippen LogP contribution in [0.5, 0.6) is 0 Å². The summed E-state index contributed by atoms with van der Waals surface area (Å²) in [6, 6.07) is 4.91. The van der Waals surface area contributed by atoms with Gasteiger partial charge in [0, 0.05) is 5.38 Å². The largest absolute Gasteiger partial charge is 0.501 e. The highest BCUT2D eigenvalue weighted by atomic mass is 32.2. The molecule has 9 heteroatoms. The van der Waals surface area contributed by atoms with E-state index in [1.807, 2.05) is 0 Å². The van der Waals surface area contributed by atoms with Crippen molar-refractivity contribution in [3.8, 4) is 0 Å². The smallest absolute Gasteiger partial charge is 0.378 e. The lowest BCUT2D eigenvalue weighted by Crippen LogP contribution is -2.24. The summed E-state index contributed by atoms with van der Waals surface area (Å²) >= 11 is 1.34. The quantitative estimate of drug-likeness (QED) is 0.940. The molecule has 2 rings (SSSR count). The molecule has 0 aliphatic rings. The summed E-state index contributed by atoms with van der Waals surface area (Å²) in [5.74, 6) is 0. The SMILES string of the molecule is O=S(=O)(c1ccccc1NCc1cscn1)C(F)(F)F. The maximum atomic E-state index is 12.6. The highest BCUT2D eigenvalue weighted by Crippen LogP contribution is 2.34. The minimum absolute atomic E-state index is 0.0992. The van der Waals surface area contributed by atoms with Gasteiger partial charge in [-0.15, -0.1) is 11.3 Å². The van der Waals surface area contributed by atoms with E-state index in [0.29, 0.717) is 5.69 Å². The van der Waals surface area contributed by atoms with Crippen molar-refractivity contribution in [1.29, 1.82) is 0 Å². The molecular formula is C11H9F3N2O2S2. The fourth-order valence-electron chi connectivity index (χ4n) is 1.48. The Labute approximate surface area is 117 Å². The Balaban J connectivity index is 2.32. The number of alkyl halides is 3. The van der Waals surface area contributed by atoms with Gasteiger partial charge in [0.15, 0.2) is 0 Å². The molecule has 0 radical (unpaired) electrons. The monoisotopic (exact) mass is 322 g/mol. The van der Waals surface area contributed by atoms with Crippen LogP contribution >= 0.6 is 11.3 Å². The Bertz CT molecular complexity index is 682. The second-order valence-corrected chi connectivity index (χ2v) is 6.41. The first-order valence-corrected chi connectivity index (χ1v) is 7.76. The van der Waals surface area contributed by atoms with Gasteiger partial charge in [0.05, 0.1) is 28.3 Å². The number of hydrogen-bond acceptors (Lipinski definition) is 5. The summed E-state index contributed by atoms with van der Waals surface area (Å²) in [6.45, 7) is 0.147. The normalized spacial score (nSPS) is 12.3. The Morgan fingerprint density at radius 1 is 1.25 bits per heavy atom. The molecule has 0 atom stereocenters. The van der Waals surface area contributed by atoms with Crippen molar-refractivity contribution < 1.29 is 21.6 Å². The zero-order valence-electron chi connectivity index (χ0n) is 9.89. The molecule has 1 aromatic heterocycles. The second-order valence-electron chi connectivity index (χ2n) is 3.78. The Morgan fingerprint density at radius 3 is 2.55 bits per heavy atom. The van der Waals surface area contributed by atoms with Crippen LogP contribution in [0.15, 0.2) is 40.1 Å². The summed E-state index contributed by atoms with van der Waals surface area (Å²) in [4.78, 5) is 3.17. The Kier molecular flexibility index (Phi) is 4.00. The average Bonchev–Trinajstić information content (AvgIpc) is 2.88. The van der Waals surface area contributed by atoms with E-state index < -0.39 is 20.2 Å². The number of aromatic nitrogens is 1. The van der Waals surface area contributed by atoms with Crippen LogP contribution in [0.4, 0.5) is 18.9 Å². The molecule has 2 aromatic rings. The van der Waals surface area contributed by atoms with Crippen molar-refractivity contribution >= 4 is 26.9 Å². The standard InChI is InChI=1S/C11H9F3N2O2S2/c12-11(13,14)20(17,18)10-4-2-1-3-9(10)15-5-8-6-19-7-16-8/h1-4,6-7,15H,5H2. The van der Waals surface area contributed by atoms with E-state index in [4.69, 9.17) is 0 Å². The molecule has 1 aromatic carbocycles. The molecule has 0 unspecified atom stereocenters. The molecule has 108 valence electrons. The van der Waals surface area contributed by atoms with Crippen molar-refractivity contribution in [1.82, 2.24) is 4.98 Å². The molecule has 0 amide bonds. The predicted molar refractivity (Wildman–Crippen MR) is 69.1 cm³/mol. The lowest BCUT2D eigenvalue weighted by atomic mass is 10.3. The summed E-state index contributed by atoms with van der Waals surface area (Å²) in [5, 5.41) is 4.38. The van der Waals surface area contributed by atoms with Gasteiger partial charge in [-0.2, -0.15) is 13.2 Å². The molecule has 0 saturated carbocycles. The molecular weight excluding hydrogens is 313 g/mol. The molecule has 20 heavy (non-hydrogen) atoms. The van der Waals surface area contributed by atoms with Crippen molar-refractivity contribution in [3.05, 3.63) is 40.8 Å². The molecule has 0 saturated heterocycles. The van der Waals surface area contributed by atoms with Gasteiger partial charge in [-0.25, -0.2) is 13.4 Å². The van der Waals surface area contributed by atoms with Crippen LogP contribution in [0.1, 0.15) is 5.69 Å². The molecule has 1 N–H and O–H groups in total. The van der Waals surface area contributed by atoms with Crippen LogP contribution in [0.2, 0.25) is 0 Å². The zero-order valence-corrected chi connectivity index (χ0v) is 11.5. The number of hydrogen-bond donors (Lipinski definition) is 1. The molecule has 0 aliphatic heterocycles. The number of nitrogens with one attached hydrogen (secondary N) is 1. The van der Waals surface area contributed by atoms with Crippen LogP contribution in [0.3, 0.4) is 0 Å². The maximum Gasteiger partial charge on any atom is 0.501 e. The van der Waals surface area contributed by atoms with Gasteiger partial charge in [-0.1, -0.05) is 12.1 Å². The number of sulfone groups is 1. The summed E-state index contributed by atoms with van der Waals surface area (Å²) < 4.78 is 60.7. The van der Waals surface area contributed by atoms with Crippen LogP contribution in [-0.2, 0) is 16.4 Å². The van der Waals surface area contributed by atoms with E-state index in [0.717, 1.165) is 6.07 Å². The highest BCUT2D eigenvalue weighted by molar-refractivity contribution is 7.92. The van der Waals surface area contributed by atoms with Crippen molar-refractivity contribution in [2.75, 3.05) is 5.32 Å². The number of para-hydroxylation sites is 1. The fraction of sp³-hybridized carbons (Fsp3) is 0.182. The van der Waals surface area contributed by atoms with E-state index in [1.54, 1.807) is 10.9 Å². The van der Waals surface area contributed by atoms with E-state index in [-0.39, 0.29) is 12.2 Å². The van der Waals surface area contributed by atoms with Crippen LogP contribution in [0.25, 0.3) is 0 Å². The average molecular weight is 322 g/mol. The van der Waals surface area contributed by atoms with Crippen molar-refractivity contribution in [3.63, 3.8) is 0 Å². The summed E-state index contributed by atoms with van der Waals surface area (Å²) in [6.07, 6.45) is 0. The second kappa shape index (κ2) is 5.41. The lowest BCUT2D eigenvalue weighted by Gasteiger charge is -2.13. The first-order chi connectivity index (χ1) is 9.32. The third-order valence-corrected chi connectivity index (χ3v) is 4.60. The number of nitrogens with zero attached hydrogens (tertiary/aromatic N) is 1. The van der Waals surface area contributed by atoms with E-state index in [2.05, 4.69) is 10.3 Å². The number of benzene rings is 1. The Morgan fingerprint density at radius 2 is 1.95 bits per heavy atom. The van der Waals surface area contributed by atoms with Crippen LogP contribution < -0.4 is 5.32 Å². The number of halogens is 3. The van der Waals surface area contributed by atoms with Gasteiger partial charge in [0.2, 0.25) is 0 Å². The molecule has 0 fully saturated rings. The minimum atomic E-state index is -5.38. The maximum absolute atomic E-state index is 12.6. The highest BCUT2D eigenvalue weighted by Gasteiger charge is 2.47. The lowest BCUT2D eigenvalue weighted by molar-refractivity contribution is -0.0435. The van der Waals surface area contributed by atoms with Gasteiger partial charge < -0.3 is 5.32 Å². The number of anilines is 1. The van der Waals surface area contributed by atoms with Gasteiger partial charge >= 0.3 is 5.51 Å². The van der Waals surface area contributed by atoms with Crippen molar-refractivity contribution in [2.45, 2.75) is 16.9 Å². The molecule has 0 spiro atoms. The van der Waals surface area contributed by atoms with Gasteiger partial charge in [0.1, 0.15) is 0 Å². The van der Waals surface area contributed by atoms with E-state index >= 15 is 0 Å². The van der Waals surface area contributed by atoms with Crippen molar-refractivity contribution in [2.24, 2.45) is 0 Å². The first-order valence-electron chi connectivity index (χ1n) is 5.33. The Hall–Kier alpha value is -1.61. The van der Waals surface area contributed by atoms with Gasteiger partial charge in [-0.3, -0.25) is 0 Å². The summed E-state index contributed by atoms with van der Waals surface area (Å²) in [5.41, 5.74) is -3.23. The molecule has 4 nitrogen and oxygen atoms in total. The molecule has 1 heterocycles. The molecule has 0 bridgehead atoms. The van der Waals surface area contributed by atoms with Crippen LogP contribution in [-0.4, -0.2) is 18.9 Å². The van der Waals surface area contributed by atoms with Gasteiger partial charge in [0.25, 0.3) is 9.84 Å². The van der Waals surface area contributed by atoms with E-state index in [9.17, 15) is 21.6 Å². The van der Waals surface area contributed by atoms with Gasteiger partial charge in [-0.05, 0) is 12.1 Å². The predicted octanol–water partition coefficient (Wildman–Crippen LogP) is 3.05. The third-order valence-electron chi connectivity index (χ3n) is 2.42. The third kappa shape index (κ3) is 2.93. The summed E-state index contributed by atoms with van der Waals surface area (Å²) in [7, 11) is -5.38. The minimum Gasteiger partial charge on any atom is -0.378 e. The van der Waals surface area contributed by atoms with Crippen LogP contribution in [0, 0.1) is 0 Å². The molecule has 0 aliphatic carbocycles. The number of thiazole rings is 1.